The van der Waals surface area contributed by atoms with Crippen molar-refractivity contribution in [3.8, 4) is 0 Å². The number of thiazole rings is 1. The predicted octanol–water partition coefficient (Wildman–Crippen LogP) is 4.86. The standard InChI is InChI=1S/C25H27N3O3S/c1-17-5-7-20(8-6-17)24(29)27-21-4-2-3-19(13-21)16-28-11-9-18(10-12-28)14-23-26-15-22(32-23)25(30)31/h2-8,13,15,18H,9-12,14,16H2,1H3,(H,27,29)(H,30,31). The van der Waals surface area contributed by atoms with Crippen molar-refractivity contribution in [2.45, 2.75) is 32.7 Å². The summed E-state index contributed by atoms with van der Waals surface area (Å²) in [6.45, 7) is 4.85. The van der Waals surface area contributed by atoms with Gasteiger partial charge in [0.1, 0.15) is 4.88 Å². The molecule has 1 saturated heterocycles. The van der Waals surface area contributed by atoms with Crippen LogP contribution in [-0.4, -0.2) is 40.0 Å². The first-order valence-corrected chi connectivity index (χ1v) is 11.7. The van der Waals surface area contributed by atoms with Crippen LogP contribution in [0.2, 0.25) is 0 Å². The van der Waals surface area contributed by atoms with Crippen molar-refractivity contribution < 1.29 is 14.7 Å². The molecule has 0 atom stereocenters. The number of likely N-dealkylation sites (tertiary alicyclic amines) is 1. The normalized spacial score (nSPS) is 14.9. The lowest BCUT2D eigenvalue weighted by molar-refractivity contribution is 0.0701. The molecule has 0 aliphatic carbocycles. The molecule has 7 heteroatoms. The molecule has 2 aromatic carbocycles. The van der Waals surface area contributed by atoms with Crippen LogP contribution < -0.4 is 5.32 Å². The van der Waals surface area contributed by atoms with Crippen LogP contribution in [0.25, 0.3) is 0 Å². The van der Waals surface area contributed by atoms with Crippen LogP contribution in [-0.2, 0) is 13.0 Å². The Morgan fingerprint density at radius 3 is 2.59 bits per heavy atom. The molecule has 0 bridgehead atoms. The number of hydrogen-bond acceptors (Lipinski definition) is 5. The quantitative estimate of drug-likeness (QED) is 0.538. The molecule has 3 aromatic rings. The topological polar surface area (TPSA) is 82.5 Å². The Bertz CT molecular complexity index is 1090. The van der Waals surface area contributed by atoms with E-state index in [1.165, 1.54) is 23.1 Å². The number of nitrogens with zero attached hydrogens (tertiary/aromatic N) is 2. The van der Waals surface area contributed by atoms with Crippen LogP contribution in [0.3, 0.4) is 0 Å². The molecular formula is C25H27N3O3S. The number of carbonyl (C=O) groups excluding carboxylic acids is 1. The van der Waals surface area contributed by atoms with E-state index in [4.69, 9.17) is 5.11 Å². The van der Waals surface area contributed by atoms with Crippen LogP contribution in [0.15, 0.2) is 54.7 Å². The highest BCUT2D eigenvalue weighted by Crippen LogP contribution is 2.25. The van der Waals surface area contributed by atoms with Crippen molar-refractivity contribution in [2.75, 3.05) is 18.4 Å². The van der Waals surface area contributed by atoms with Crippen molar-refractivity contribution in [1.29, 1.82) is 0 Å². The molecule has 2 heterocycles. The summed E-state index contributed by atoms with van der Waals surface area (Å²) >= 11 is 1.28. The van der Waals surface area contributed by atoms with Gasteiger partial charge in [0.15, 0.2) is 0 Å². The van der Waals surface area contributed by atoms with E-state index in [0.29, 0.717) is 16.4 Å². The van der Waals surface area contributed by atoms with Gasteiger partial charge in [0.05, 0.1) is 11.2 Å². The lowest BCUT2D eigenvalue weighted by Gasteiger charge is -2.31. The van der Waals surface area contributed by atoms with Gasteiger partial charge >= 0.3 is 5.97 Å². The Morgan fingerprint density at radius 2 is 1.91 bits per heavy atom. The highest BCUT2D eigenvalue weighted by Gasteiger charge is 2.21. The van der Waals surface area contributed by atoms with Crippen LogP contribution in [0.1, 0.15) is 49.0 Å². The number of benzene rings is 2. The zero-order valence-corrected chi connectivity index (χ0v) is 18.9. The van der Waals surface area contributed by atoms with Gasteiger partial charge in [0.25, 0.3) is 5.91 Å². The lowest BCUT2D eigenvalue weighted by atomic mass is 9.93. The van der Waals surface area contributed by atoms with Crippen molar-refractivity contribution in [1.82, 2.24) is 9.88 Å². The average molecular weight is 450 g/mol. The fourth-order valence-corrected chi connectivity index (χ4v) is 4.88. The Morgan fingerprint density at radius 1 is 1.16 bits per heavy atom. The number of piperidine rings is 1. The molecule has 6 nitrogen and oxygen atoms in total. The van der Waals surface area contributed by atoms with Crippen molar-refractivity contribution in [3.63, 3.8) is 0 Å². The van der Waals surface area contributed by atoms with E-state index in [9.17, 15) is 9.59 Å². The second kappa shape index (κ2) is 10.1. The highest BCUT2D eigenvalue weighted by molar-refractivity contribution is 7.13. The SMILES string of the molecule is Cc1ccc(C(=O)Nc2cccc(CN3CCC(Cc4ncc(C(=O)O)s4)CC3)c2)cc1. The molecule has 0 radical (unpaired) electrons. The largest absolute Gasteiger partial charge is 0.477 e. The van der Waals surface area contributed by atoms with Gasteiger partial charge in [-0.2, -0.15) is 0 Å². The molecule has 1 aliphatic heterocycles. The zero-order chi connectivity index (χ0) is 22.5. The first kappa shape index (κ1) is 22.2. The summed E-state index contributed by atoms with van der Waals surface area (Å²) in [5.41, 5.74) is 3.76. The summed E-state index contributed by atoms with van der Waals surface area (Å²) in [5.74, 6) is -0.462. The van der Waals surface area contributed by atoms with Crippen molar-refractivity contribution in [3.05, 3.63) is 81.3 Å². The van der Waals surface area contributed by atoms with Gasteiger partial charge in [-0.3, -0.25) is 9.69 Å². The number of rotatable bonds is 7. The Hall–Kier alpha value is -3.03. The van der Waals surface area contributed by atoms with Crippen LogP contribution in [0, 0.1) is 12.8 Å². The second-order valence-corrected chi connectivity index (χ2v) is 9.48. The predicted molar refractivity (Wildman–Crippen MR) is 126 cm³/mol. The number of carboxylic acid groups (broad SMARTS) is 1. The maximum atomic E-state index is 12.5. The Balaban J connectivity index is 1.28. The number of hydrogen-bond donors (Lipinski definition) is 2. The number of aryl methyl sites for hydroxylation is 1. The summed E-state index contributed by atoms with van der Waals surface area (Å²) < 4.78 is 0. The second-order valence-electron chi connectivity index (χ2n) is 8.37. The number of anilines is 1. The summed E-state index contributed by atoms with van der Waals surface area (Å²) in [7, 11) is 0. The maximum absolute atomic E-state index is 12.5. The summed E-state index contributed by atoms with van der Waals surface area (Å²) in [4.78, 5) is 30.5. The van der Waals surface area contributed by atoms with Gasteiger partial charge in [-0.25, -0.2) is 9.78 Å². The third kappa shape index (κ3) is 5.81. The number of aromatic carboxylic acids is 1. The number of amides is 1. The first-order valence-electron chi connectivity index (χ1n) is 10.8. The van der Waals surface area contributed by atoms with Gasteiger partial charge < -0.3 is 10.4 Å². The maximum Gasteiger partial charge on any atom is 0.347 e. The minimum Gasteiger partial charge on any atom is -0.477 e. The molecule has 1 aliphatic rings. The Kier molecular flexibility index (Phi) is 6.97. The summed E-state index contributed by atoms with van der Waals surface area (Å²) in [6, 6.07) is 15.6. The van der Waals surface area contributed by atoms with E-state index in [1.54, 1.807) is 0 Å². The number of carbonyl (C=O) groups is 2. The van der Waals surface area contributed by atoms with Gasteiger partial charge in [-0.1, -0.05) is 29.8 Å². The van der Waals surface area contributed by atoms with E-state index in [2.05, 4.69) is 21.3 Å². The molecule has 32 heavy (non-hydrogen) atoms. The number of aromatic nitrogens is 1. The van der Waals surface area contributed by atoms with Gasteiger partial charge in [-0.05, 0) is 68.6 Å². The highest BCUT2D eigenvalue weighted by atomic mass is 32.1. The van der Waals surface area contributed by atoms with E-state index in [-0.39, 0.29) is 5.91 Å². The molecule has 0 saturated carbocycles. The van der Waals surface area contributed by atoms with Crippen molar-refractivity contribution >= 4 is 28.9 Å². The molecular weight excluding hydrogens is 422 g/mol. The minimum atomic E-state index is -0.902. The van der Waals surface area contributed by atoms with Crippen molar-refractivity contribution in [2.24, 2.45) is 5.92 Å². The smallest absolute Gasteiger partial charge is 0.347 e. The van der Waals surface area contributed by atoms with Gasteiger partial charge in [-0.15, -0.1) is 11.3 Å². The minimum absolute atomic E-state index is 0.101. The molecule has 0 unspecified atom stereocenters. The van der Waals surface area contributed by atoms with Gasteiger partial charge in [0.2, 0.25) is 0 Å². The van der Waals surface area contributed by atoms with Gasteiger partial charge in [0, 0.05) is 24.2 Å². The lowest BCUT2D eigenvalue weighted by Crippen LogP contribution is -2.33. The molecule has 4 rings (SSSR count). The van der Waals surface area contributed by atoms with Crippen LogP contribution in [0.5, 0.6) is 0 Å². The molecule has 1 amide bonds. The monoisotopic (exact) mass is 449 g/mol. The van der Waals surface area contributed by atoms with E-state index >= 15 is 0 Å². The molecule has 2 N–H and O–H groups in total. The third-order valence-electron chi connectivity index (χ3n) is 5.84. The molecule has 1 fully saturated rings. The fraction of sp³-hybridized carbons (Fsp3) is 0.320. The number of nitrogens with one attached hydrogen (secondary N) is 1. The van der Waals surface area contributed by atoms with E-state index in [1.807, 2.05) is 49.4 Å². The van der Waals surface area contributed by atoms with E-state index in [0.717, 1.165) is 55.2 Å². The first-order chi connectivity index (χ1) is 15.5. The Labute approximate surface area is 191 Å². The summed E-state index contributed by atoms with van der Waals surface area (Å²) in [6.07, 6.45) is 4.46. The number of carboxylic acids is 1. The van der Waals surface area contributed by atoms with Crippen LogP contribution in [0.4, 0.5) is 5.69 Å². The fourth-order valence-electron chi connectivity index (χ4n) is 4.01. The summed E-state index contributed by atoms with van der Waals surface area (Å²) in [5, 5.41) is 13.0. The molecule has 0 spiro atoms. The van der Waals surface area contributed by atoms with E-state index < -0.39 is 5.97 Å². The zero-order valence-electron chi connectivity index (χ0n) is 18.1. The molecule has 1 aromatic heterocycles. The van der Waals surface area contributed by atoms with Crippen LogP contribution >= 0.6 is 11.3 Å². The average Bonchev–Trinajstić information content (AvgIpc) is 3.25. The third-order valence-corrected chi connectivity index (χ3v) is 6.85. The molecule has 166 valence electrons.